The molecule has 0 aliphatic heterocycles. The van der Waals surface area contributed by atoms with Crippen molar-refractivity contribution in [3.63, 3.8) is 0 Å². The normalized spacial score (nSPS) is 17.4. The van der Waals surface area contributed by atoms with Gasteiger partial charge in [0.05, 0.1) is 6.20 Å². The molecule has 5 heteroatoms. The van der Waals surface area contributed by atoms with Gasteiger partial charge >= 0.3 is 0 Å². The zero-order chi connectivity index (χ0) is 15.9. The van der Waals surface area contributed by atoms with Gasteiger partial charge in [0.15, 0.2) is 5.78 Å². The van der Waals surface area contributed by atoms with Crippen molar-refractivity contribution in [1.29, 1.82) is 5.26 Å². The van der Waals surface area contributed by atoms with Crippen LogP contribution in [0.1, 0.15) is 57.9 Å². The molecule has 1 aromatic heterocycles. The van der Waals surface area contributed by atoms with Crippen molar-refractivity contribution in [3.05, 3.63) is 23.5 Å². The predicted octanol–water partition coefficient (Wildman–Crippen LogP) is 3.63. The predicted molar refractivity (Wildman–Crippen MR) is 86.2 cm³/mol. The van der Waals surface area contributed by atoms with E-state index in [4.69, 9.17) is 0 Å². The van der Waals surface area contributed by atoms with Gasteiger partial charge in [-0.05, 0) is 19.3 Å². The van der Waals surface area contributed by atoms with E-state index in [2.05, 4.69) is 30.3 Å². The average molecular weight is 300 g/mol. The first-order chi connectivity index (χ1) is 10.7. The molecule has 2 rings (SSSR count). The lowest BCUT2D eigenvalue weighted by Gasteiger charge is -2.12. The molecule has 5 nitrogen and oxygen atoms in total. The number of unbranched alkanes of at least 4 members (excludes halogenated alkanes) is 2. The molecular formula is C17H24N4O. The molecule has 0 fully saturated rings. The minimum absolute atomic E-state index is 0.0921. The van der Waals surface area contributed by atoms with Crippen LogP contribution in [-0.4, -0.2) is 15.6 Å². The highest BCUT2D eigenvalue weighted by molar-refractivity contribution is 5.95. The SMILES string of the molecule is CCCCCn1ncc(C#N)c1NC1=CC(=O)C(CCC)C1. The Morgan fingerprint density at radius 3 is 2.91 bits per heavy atom. The Balaban J connectivity index is 2.09. The Hall–Kier alpha value is -2.09. The summed E-state index contributed by atoms with van der Waals surface area (Å²) in [5.41, 5.74) is 1.43. The molecule has 1 aliphatic rings. The fraction of sp³-hybridized carbons (Fsp3) is 0.588. The zero-order valence-corrected chi connectivity index (χ0v) is 13.4. The third kappa shape index (κ3) is 3.76. The Labute approximate surface area is 132 Å². The number of ketones is 1. The minimum Gasteiger partial charge on any atom is -0.343 e. The third-order valence-corrected chi connectivity index (χ3v) is 4.03. The van der Waals surface area contributed by atoms with Crippen LogP contribution in [0.3, 0.4) is 0 Å². The number of allylic oxidation sites excluding steroid dienone is 2. The van der Waals surface area contributed by atoms with Gasteiger partial charge in [-0.1, -0.05) is 33.1 Å². The maximum absolute atomic E-state index is 11.9. The van der Waals surface area contributed by atoms with E-state index in [1.54, 1.807) is 12.3 Å². The number of aryl methyl sites for hydroxylation is 1. The van der Waals surface area contributed by atoms with Crippen LogP contribution in [0.25, 0.3) is 0 Å². The van der Waals surface area contributed by atoms with Crippen LogP contribution < -0.4 is 5.32 Å². The van der Waals surface area contributed by atoms with Crippen LogP contribution in [0.5, 0.6) is 0 Å². The number of nitrogens with one attached hydrogen (secondary N) is 1. The van der Waals surface area contributed by atoms with Crippen LogP contribution in [0.2, 0.25) is 0 Å². The Morgan fingerprint density at radius 1 is 1.41 bits per heavy atom. The van der Waals surface area contributed by atoms with E-state index >= 15 is 0 Å². The van der Waals surface area contributed by atoms with Gasteiger partial charge in [-0.25, -0.2) is 4.68 Å². The highest BCUT2D eigenvalue weighted by Gasteiger charge is 2.25. The molecule has 118 valence electrons. The highest BCUT2D eigenvalue weighted by atomic mass is 16.1. The number of nitrogens with zero attached hydrogens (tertiary/aromatic N) is 3. The largest absolute Gasteiger partial charge is 0.343 e. The summed E-state index contributed by atoms with van der Waals surface area (Å²) in [5.74, 6) is 1.00. The summed E-state index contributed by atoms with van der Waals surface area (Å²) in [6, 6.07) is 2.17. The summed E-state index contributed by atoms with van der Waals surface area (Å²) in [4.78, 5) is 11.9. The quantitative estimate of drug-likeness (QED) is 0.744. The summed E-state index contributed by atoms with van der Waals surface area (Å²) in [6.45, 7) is 5.04. The van der Waals surface area contributed by atoms with Gasteiger partial charge in [-0.3, -0.25) is 4.79 Å². The summed E-state index contributed by atoms with van der Waals surface area (Å²) in [7, 11) is 0. The maximum Gasteiger partial charge on any atom is 0.160 e. The van der Waals surface area contributed by atoms with Crippen molar-refractivity contribution in [2.75, 3.05) is 5.32 Å². The molecule has 1 aliphatic carbocycles. The molecule has 0 amide bonds. The second-order valence-corrected chi connectivity index (χ2v) is 5.84. The topological polar surface area (TPSA) is 70.7 Å². The lowest BCUT2D eigenvalue weighted by atomic mass is 10.0. The molecule has 0 bridgehead atoms. The number of carbonyl (C=O) groups is 1. The van der Waals surface area contributed by atoms with Crippen molar-refractivity contribution >= 4 is 11.6 Å². The Bertz CT molecular complexity index is 594. The molecule has 0 saturated carbocycles. The second kappa shape index (κ2) is 7.79. The molecule has 1 unspecified atom stereocenters. The lowest BCUT2D eigenvalue weighted by Crippen LogP contribution is -2.10. The maximum atomic E-state index is 11.9. The molecule has 0 spiro atoms. The van der Waals surface area contributed by atoms with Crippen molar-refractivity contribution in [3.8, 4) is 6.07 Å². The van der Waals surface area contributed by atoms with E-state index < -0.39 is 0 Å². The van der Waals surface area contributed by atoms with Gasteiger partial charge < -0.3 is 5.32 Å². The number of anilines is 1. The second-order valence-electron chi connectivity index (χ2n) is 5.84. The lowest BCUT2D eigenvalue weighted by molar-refractivity contribution is -0.117. The molecule has 1 atom stereocenters. The molecule has 1 heterocycles. The first kappa shape index (κ1) is 16.3. The Kier molecular flexibility index (Phi) is 5.76. The van der Waals surface area contributed by atoms with Gasteiger partial charge in [-0.15, -0.1) is 0 Å². The zero-order valence-electron chi connectivity index (χ0n) is 13.4. The number of aromatic nitrogens is 2. The number of rotatable bonds is 8. The van der Waals surface area contributed by atoms with E-state index in [9.17, 15) is 10.1 Å². The van der Waals surface area contributed by atoms with Crippen LogP contribution >= 0.6 is 0 Å². The minimum atomic E-state index is 0.0921. The van der Waals surface area contributed by atoms with E-state index in [-0.39, 0.29) is 11.7 Å². The van der Waals surface area contributed by atoms with Gasteiger partial charge in [-0.2, -0.15) is 10.4 Å². The van der Waals surface area contributed by atoms with E-state index in [1.165, 1.54) is 0 Å². The summed E-state index contributed by atoms with van der Waals surface area (Å²) < 4.78 is 1.84. The monoisotopic (exact) mass is 300 g/mol. The van der Waals surface area contributed by atoms with Crippen LogP contribution in [0.4, 0.5) is 5.82 Å². The molecule has 0 aromatic carbocycles. The van der Waals surface area contributed by atoms with Gasteiger partial charge in [0.2, 0.25) is 0 Å². The number of hydrogen-bond donors (Lipinski definition) is 1. The van der Waals surface area contributed by atoms with Crippen molar-refractivity contribution in [2.24, 2.45) is 5.92 Å². The average Bonchev–Trinajstić information content (AvgIpc) is 3.04. The number of hydrogen-bond acceptors (Lipinski definition) is 4. The number of nitriles is 1. The standard InChI is InChI=1S/C17H24N4O/c1-3-5-6-8-21-17(14(11-18)12-19-21)20-15-9-13(7-4-2)16(22)10-15/h10,12-13,20H,3-9H2,1-2H3. The third-order valence-electron chi connectivity index (χ3n) is 4.03. The highest BCUT2D eigenvalue weighted by Crippen LogP contribution is 2.28. The van der Waals surface area contributed by atoms with Crippen LogP contribution in [0, 0.1) is 17.2 Å². The van der Waals surface area contributed by atoms with Crippen molar-refractivity contribution in [1.82, 2.24) is 9.78 Å². The fourth-order valence-corrected chi connectivity index (χ4v) is 2.83. The molecule has 1 N–H and O–H groups in total. The smallest absolute Gasteiger partial charge is 0.160 e. The molecule has 1 aromatic rings. The first-order valence-electron chi connectivity index (χ1n) is 8.16. The summed E-state index contributed by atoms with van der Waals surface area (Å²) in [5, 5.41) is 16.8. The first-order valence-corrected chi connectivity index (χ1v) is 8.16. The number of carbonyl (C=O) groups excluding carboxylic acids is 1. The molecule has 0 saturated heterocycles. The van der Waals surface area contributed by atoms with E-state index in [0.717, 1.165) is 56.6 Å². The Morgan fingerprint density at radius 2 is 2.23 bits per heavy atom. The van der Waals surface area contributed by atoms with Crippen molar-refractivity contribution < 1.29 is 4.79 Å². The molecule has 22 heavy (non-hydrogen) atoms. The summed E-state index contributed by atoms with van der Waals surface area (Å²) in [6.07, 6.45) is 9.26. The van der Waals surface area contributed by atoms with E-state index in [1.807, 2.05) is 4.68 Å². The van der Waals surface area contributed by atoms with Gasteiger partial charge in [0.1, 0.15) is 17.5 Å². The summed E-state index contributed by atoms with van der Waals surface area (Å²) >= 11 is 0. The molecule has 0 radical (unpaired) electrons. The van der Waals surface area contributed by atoms with Gasteiger partial charge in [0, 0.05) is 24.2 Å². The fourth-order valence-electron chi connectivity index (χ4n) is 2.83. The van der Waals surface area contributed by atoms with E-state index in [0.29, 0.717) is 5.56 Å². The van der Waals surface area contributed by atoms with Crippen molar-refractivity contribution in [2.45, 2.75) is 58.9 Å². The van der Waals surface area contributed by atoms with Crippen LogP contribution in [0.15, 0.2) is 18.0 Å². The molecular weight excluding hydrogens is 276 g/mol. The van der Waals surface area contributed by atoms with Crippen LogP contribution in [-0.2, 0) is 11.3 Å². The van der Waals surface area contributed by atoms with Gasteiger partial charge in [0.25, 0.3) is 0 Å².